The highest BCUT2D eigenvalue weighted by atomic mass is 35.5. The molecule has 1 aromatic heterocycles. The van der Waals surface area contributed by atoms with Crippen molar-refractivity contribution in [1.82, 2.24) is 14.4 Å². The Kier molecular flexibility index (Phi) is 5.00. The Bertz CT molecular complexity index is 814. The Morgan fingerprint density at radius 3 is 2.58 bits per heavy atom. The van der Waals surface area contributed by atoms with E-state index in [-0.39, 0.29) is 17.7 Å². The molecule has 0 saturated carbocycles. The third-order valence-electron chi connectivity index (χ3n) is 3.77. The van der Waals surface area contributed by atoms with Gasteiger partial charge in [0.05, 0.1) is 5.75 Å². The maximum Gasteiger partial charge on any atom is 0.321 e. The predicted molar refractivity (Wildman–Crippen MR) is 92.8 cm³/mol. The molecule has 7 nitrogen and oxygen atoms in total. The van der Waals surface area contributed by atoms with Crippen LogP contribution in [0, 0.1) is 5.92 Å². The maximum atomic E-state index is 11.7. The summed E-state index contributed by atoms with van der Waals surface area (Å²) in [7, 11) is -3.09. The fraction of sp³-hybridized carbons (Fsp3) is 0.429. The molecular formula is C14H16Cl2N4O3S. The first-order chi connectivity index (χ1) is 11.4. The van der Waals surface area contributed by atoms with Crippen LogP contribution >= 0.6 is 23.2 Å². The number of benzene rings is 1. The lowest BCUT2D eigenvalue weighted by Crippen LogP contribution is -2.52. The number of aromatic nitrogens is 2. The van der Waals surface area contributed by atoms with Crippen molar-refractivity contribution in [3.05, 3.63) is 28.2 Å². The Morgan fingerprint density at radius 2 is 1.96 bits per heavy atom. The van der Waals surface area contributed by atoms with Gasteiger partial charge in [0.25, 0.3) is 0 Å². The first kappa shape index (κ1) is 17.5. The number of nitrogens with zero attached hydrogens (tertiary/aromatic N) is 3. The molecule has 2 aromatic rings. The molecule has 2 heterocycles. The van der Waals surface area contributed by atoms with Gasteiger partial charge in [-0.15, -0.1) is 0 Å². The molecule has 3 rings (SSSR count). The van der Waals surface area contributed by atoms with Crippen LogP contribution in [-0.2, 0) is 10.0 Å². The Hall–Kier alpha value is -1.35. The van der Waals surface area contributed by atoms with Gasteiger partial charge < -0.3 is 9.84 Å². The number of rotatable bonds is 6. The summed E-state index contributed by atoms with van der Waals surface area (Å²) in [6, 6.07) is 5.29. The molecule has 1 saturated heterocycles. The van der Waals surface area contributed by atoms with Crippen molar-refractivity contribution in [2.45, 2.75) is 6.92 Å². The van der Waals surface area contributed by atoms with Crippen molar-refractivity contribution in [2.75, 3.05) is 30.7 Å². The van der Waals surface area contributed by atoms with Crippen molar-refractivity contribution in [1.29, 1.82) is 0 Å². The van der Waals surface area contributed by atoms with Gasteiger partial charge in [-0.3, -0.25) is 0 Å². The molecule has 0 aliphatic carbocycles. The van der Waals surface area contributed by atoms with Crippen LogP contribution in [0.4, 0.5) is 6.01 Å². The largest absolute Gasteiger partial charge is 0.337 e. The van der Waals surface area contributed by atoms with Crippen LogP contribution in [0.5, 0.6) is 0 Å². The third kappa shape index (κ3) is 3.83. The molecule has 24 heavy (non-hydrogen) atoms. The molecule has 0 unspecified atom stereocenters. The summed E-state index contributed by atoms with van der Waals surface area (Å²) in [5, 5.41) is 7.89. The van der Waals surface area contributed by atoms with Crippen molar-refractivity contribution in [3.63, 3.8) is 0 Å². The fourth-order valence-corrected chi connectivity index (χ4v) is 4.16. The lowest BCUT2D eigenvalue weighted by molar-refractivity contribution is 0.211. The van der Waals surface area contributed by atoms with Gasteiger partial charge in [0.2, 0.25) is 15.8 Å². The summed E-state index contributed by atoms with van der Waals surface area (Å²) in [5.41, 5.74) is 0.660. The number of halogens is 2. The van der Waals surface area contributed by atoms with Crippen molar-refractivity contribution in [3.8, 4) is 11.4 Å². The van der Waals surface area contributed by atoms with Crippen molar-refractivity contribution >= 4 is 39.2 Å². The number of hydrogen-bond acceptors (Lipinski definition) is 6. The normalized spacial score (nSPS) is 16.1. The molecule has 130 valence electrons. The second kappa shape index (κ2) is 6.87. The lowest BCUT2D eigenvalue weighted by Gasteiger charge is -2.37. The molecule has 1 aliphatic rings. The SMILES string of the molecule is CCS(=O)(=O)N1CC(CNc2nc(-c3cc(Cl)cc(Cl)c3)no2)C1. The monoisotopic (exact) mass is 390 g/mol. The smallest absolute Gasteiger partial charge is 0.321 e. The second-order valence-corrected chi connectivity index (χ2v) is 8.68. The van der Waals surface area contributed by atoms with Gasteiger partial charge in [0, 0.05) is 41.2 Å². The highest BCUT2D eigenvalue weighted by Crippen LogP contribution is 2.26. The van der Waals surface area contributed by atoms with E-state index in [1.165, 1.54) is 4.31 Å². The molecule has 10 heteroatoms. The number of hydrogen-bond donors (Lipinski definition) is 1. The molecule has 0 amide bonds. The predicted octanol–water partition coefficient (Wildman–Crippen LogP) is 2.74. The molecule has 1 aromatic carbocycles. The molecule has 1 fully saturated rings. The van der Waals surface area contributed by atoms with E-state index in [2.05, 4.69) is 15.5 Å². The van der Waals surface area contributed by atoms with Gasteiger partial charge in [-0.25, -0.2) is 12.7 Å². The van der Waals surface area contributed by atoms with E-state index in [4.69, 9.17) is 27.7 Å². The zero-order valence-electron chi connectivity index (χ0n) is 12.9. The standard InChI is InChI=1S/C14H16Cl2N4O3S/c1-2-24(21,22)20-7-9(8-20)6-17-14-18-13(19-23-14)10-3-11(15)5-12(16)4-10/h3-5,9H,2,6-8H2,1H3,(H,17,18,19). The van der Waals surface area contributed by atoms with Crippen LogP contribution in [0.15, 0.2) is 22.7 Å². The summed E-state index contributed by atoms with van der Waals surface area (Å²) in [6.07, 6.45) is 0. The Labute approximate surface area is 150 Å². The molecule has 0 radical (unpaired) electrons. The summed E-state index contributed by atoms with van der Waals surface area (Å²) in [6.45, 7) is 3.22. The number of sulfonamides is 1. The van der Waals surface area contributed by atoms with E-state index in [1.807, 2.05) is 0 Å². The van der Waals surface area contributed by atoms with Crippen LogP contribution < -0.4 is 5.32 Å². The van der Waals surface area contributed by atoms with Crippen LogP contribution in [0.1, 0.15) is 6.92 Å². The van der Waals surface area contributed by atoms with Crippen molar-refractivity contribution < 1.29 is 12.9 Å². The van der Waals surface area contributed by atoms with Gasteiger partial charge >= 0.3 is 6.01 Å². The summed E-state index contributed by atoms with van der Waals surface area (Å²) in [5.74, 6) is 0.732. The minimum Gasteiger partial charge on any atom is -0.337 e. The highest BCUT2D eigenvalue weighted by molar-refractivity contribution is 7.89. The van der Waals surface area contributed by atoms with E-state index in [1.54, 1.807) is 25.1 Å². The van der Waals surface area contributed by atoms with Gasteiger partial charge in [-0.1, -0.05) is 28.4 Å². The van der Waals surface area contributed by atoms with E-state index < -0.39 is 10.0 Å². The maximum absolute atomic E-state index is 11.7. The van der Waals surface area contributed by atoms with E-state index in [0.29, 0.717) is 41.1 Å². The van der Waals surface area contributed by atoms with Crippen LogP contribution in [-0.4, -0.2) is 48.3 Å². The average molecular weight is 391 g/mol. The first-order valence-corrected chi connectivity index (χ1v) is 9.76. The molecule has 1 aliphatic heterocycles. The lowest BCUT2D eigenvalue weighted by atomic mass is 10.0. The summed E-state index contributed by atoms with van der Waals surface area (Å²) in [4.78, 5) is 4.24. The van der Waals surface area contributed by atoms with Gasteiger partial charge in [-0.2, -0.15) is 4.98 Å². The molecule has 1 N–H and O–H groups in total. The minimum atomic E-state index is -3.09. The minimum absolute atomic E-state index is 0.127. The summed E-state index contributed by atoms with van der Waals surface area (Å²) < 4.78 is 29.9. The van der Waals surface area contributed by atoms with E-state index in [9.17, 15) is 8.42 Å². The summed E-state index contributed by atoms with van der Waals surface area (Å²) >= 11 is 11.9. The third-order valence-corrected chi connectivity index (χ3v) is 6.02. The Balaban J connectivity index is 1.56. The molecule has 0 spiro atoms. The second-order valence-electron chi connectivity index (χ2n) is 5.55. The van der Waals surface area contributed by atoms with Crippen LogP contribution in [0.2, 0.25) is 10.0 Å². The first-order valence-electron chi connectivity index (χ1n) is 7.39. The zero-order chi connectivity index (χ0) is 17.3. The van der Waals surface area contributed by atoms with Gasteiger partial charge in [-0.05, 0) is 25.1 Å². The fourth-order valence-electron chi connectivity index (χ4n) is 2.39. The topological polar surface area (TPSA) is 88.3 Å². The molecule has 0 bridgehead atoms. The quantitative estimate of drug-likeness (QED) is 0.815. The number of anilines is 1. The van der Waals surface area contributed by atoms with E-state index >= 15 is 0 Å². The zero-order valence-corrected chi connectivity index (χ0v) is 15.2. The van der Waals surface area contributed by atoms with Gasteiger partial charge in [0.1, 0.15) is 0 Å². The van der Waals surface area contributed by atoms with Crippen LogP contribution in [0.3, 0.4) is 0 Å². The number of nitrogens with one attached hydrogen (secondary N) is 1. The molecular weight excluding hydrogens is 375 g/mol. The average Bonchev–Trinajstić information content (AvgIpc) is 2.93. The Morgan fingerprint density at radius 1 is 1.29 bits per heavy atom. The highest BCUT2D eigenvalue weighted by Gasteiger charge is 2.34. The van der Waals surface area contributed by atoms with Crippen molar-refractivity contribution in [2.24, 2.45) is 5.92 Å². The van der Waals surface area contributed by atoms with Crippen LogP contribution in [0.25, 0.3) is 11.4 Å². The van der Waals surface area contributed by atoms with Gasteiger partial charge in [0.15, 0.2) is 0 Å². The molecule has 0 atom stereocenters. The van der Waals surface area contributed by atoms with E-state index in [0.717, 1.165) is 0 Å².